The molecule has 0 aliphatic carbocycles. The van der Waals surface area contributed by atoms with Gasteiger partial charge < -0.3 is 9.32 Å². The number of nitrogens with zero attached hydrogens (tertiary/aromatic N) is 1. The molecule has 1 aromatic heterocycles. The highest BCUT2D eigenvalue weighted by molar-refractivity contribution is 6.12. The Kier molecular flexibility index (Phi) is 8.55. The van der Waals surface area contributed by atoms with Crippen molar-refractivity contribution in [3.8, 4) is 55.6 Å². The second-order valence-electron chi connectivity index (χ2n) is 14.1. The summed E-state index contributed by atoms with van der Waals surface area (Å²) in [5.74, 6) is 0. The second kappa shape index (κ2) is 14.4. The van der Waals surface area contributed by atoms with Crippen LogP contribution in [-0.2, 0) is 0 Å². The van der Waals surface area contributed by atoms with Crippen LogP contribution < -0.4 is 4.90 Å². The first-order chi connectivity index (χ1) is 27.8. The Balaban J connectivity index is 1.12. The molecule has 0 aliphatic heterocycles. The molecule has 2 heteroatoms. The van der Waals surface area contributed by atoms with Crippen molar-refractivity contribution in [3.05, 3.63) is 224 Å². The van der Waals surface area contributed by atoms with E-state index in [4.69, 9.17) is 4.42 Å². The van der Waals surface area contributed by atoms with Gasteiger partial charge in [-0.05, 0) is 105 Å². The standard InChI is InChI=1S/C54H37NO/c1-4-14-38(15-5-1)40-26-31-46(32-27-40)55(47-33-28-42(29-34-47)48-23-13-25-53-54(48)49-22-10-11-24-52(49)56-53)51-35-30-45(37-50(51)41-18-8-3-9-19-41)44-21-12-20-43(36-44)39-16-6-2-7-17-39/h1-37H. The van der Waals surface area contributed by atoms with Crippen LogP contribution in [0.3, 0.4) is 0 Å². The van der Waals surface area contributed by atoms with E-state index in [0.29, 0.717) is 0 Å². The summed E-state index contributed by atoms with van der Waals surface area (Å²) in [6, 6.07) is 80.1. The monoisotopic (exact) mass is 715 g/mol. The molecular weight excluding hydrogens is 679 g/mol. The van der Waals surface area contributed by atoms with Crippen molar-refractivity contribution < 1.29 is 4.42 Å². The molecule has 0 amide bonds. The summed E-state index contributed by atoms with van der Waals surface area (Å²) in [7, 11) is 0. The minimum atomic E-state index is 0.898. The zero-order chi connectivity index (χ0) is 37.3. The van der Waals surface area contributed by atoms with Crippen LogP contribution in [0.25, 0.3) is 77.6 Å². The summed E-state index contributed by atoms with van der Waals surface area (Å²) in [6.07, 6.45) is 0. The molecular formula is C54H37NO. The number of hydrogen-bond acceptors (Lipinski definition) is 2. The smallest absolute Gasteiger partial charge is 0.136 e. The molecule has 0 unspecified atom stereocenters. The Labute approximate surface area is 327 Å². The van der Waals surface area contributed by atoms with E-state index in [1.807, 2.05) is 12.1 Å². The Morgan fingerprint density at radius 1 is 0.286 bits per heavy atom. The predicted molar refractivity (Wildman–Crippen MR) is 236 cm³/mol. The van der Waals surface area contributed by atoms with Crippen molar-refractivity contribution >= 4 is 39.0 Å². The topological polar surface area (TPSA) is 16.4 Å². The van der Waals surface area contributed by atoms with Crippen molar-refractivity contribution in [3.63, 3.8) is 0 Å². The van der Waals surface area contributed by atoms with Crippen molar-refractivity contribution in [1.29, 1.82) is 0 Å². The van der Waals surface area contributed by atoms with Gasteiger partial charge >= 0.3 is 0 Å². The summed E-state index contributed by atoms with van der Waals surface area (Å²) >= 11 is 0. The summed E-state index contributed by atoms with van der Waals surface area (Å²) in [5.41, 5.74) is 16.8. The van der Waals surface area contributed by atoms with Crippen LogP contribution in [0.2, 0.25) is 0 Å². The molecule has 0 radical (unpaired) electrons. The van der Waals surface area contributed by atoms with E-state index < -0.39 is 0 Å². The van der Waals surface area contributed by atoms with E-state index in [2.05, 4.69) is 217 Å². The first-order valence-corrected chi connectivity index (χ1v) is 19.1. The lowest BCUT2D eigenvalue weighted by Gasteiger charge is -2.29. The fraction of sp³-hybridized carbons (Fsp3) is 0. The average Bonchev–Trinajstić information content (AvgIpc) is 3.67. The third-order valence-corrected chi connectivity index (χ3v) is 10.7. The summed E-state index contributed by atoms with van der Waals surface area (Å²) in [4.78, 5) is 2.39. The van der Waals surface area contributed by atoms with E-state index in [0.717, 1.165) is 61.3 Å². The molecule has 0 atom stereocenters. The number of fused-ring (bicyclic) bond motifs is 3. The van der Waals surface area contributed by atoms with Gasteiger partial charge in [0.1, 0.15) is 11.2 Å². The fourth-order valence-corrected chi connectivity index (χ4v) is 7.93. The third-order valence-electron chi connectivity index (χ3n) is 10.7. The van der Waals surface area contributed by atoms with Crippen molar-refractivity contribution in [2.75, 3.05) is 4.90 Å². The molecule has 0 bridgehead atoms. The number of para-hydroxylation sites is 1. The SMILES string of the molecule is c1ccc(-c2ccc(N(c3ccc(-c4cccc5oc6ccccc6c45)cc3)c3ccc(-c4cccc(-c5ccccc5)c4)cc3-c3ccccc3)cc2)cc1. The Morgan fingerprint density at radius 2 is 0.732 bits per heavy atom. The molecule has 0 saturated heterocycles. The average molecular weight is 716 g/mol. The first kappa shape index (κ1) is 33.2. The van der Waals surface area contributed by atoms with E-state index in [-0.39, 0.29) is 0 Å². The van der Waals surface area contributed by atoms with Gasteiger partial charge in [0.05, 0.1) is 5.69 Å². The van der Waals surface area contributed by atoms with Crippen LogP contribution in [0, 0.1) is 0 Å². The van der Waals surface area contributed by atoms with Crippen LogP contribution in [-0.4, -0.2) is 0 Å². The van der Waals surface area contributed by atoms with Crippen molar-refractivity contribution in [1.82, 2.24) is 0 Å². The van der Waals surface area contributed by atoms with Gasteiger partial charge in [0, 0.05) is 27.7 Å². The number of hydrogen-bond donors (Lipinski definition) is 0. The lowest BCUT2D eigenvalue weighted by molar-refractivity contribution is 0.669. The van der Waals surface area contributed by atoms with Gasteiger partial charge in [-0.25, -0.2) is 0 Å². The van der Waals surface area contributed by atoms with E-state index in [9.17, 15) is 0 Å². The lowest BCUT2D eigenvalue weighted by atomic mass is 9.94. The first-order valence-electron chi connectivity index (χ1n) is 19.1. The molecule has 0 aliphatic rings. The molecule has 1 heterocycles. The normalized spacial score (nSPS) is 11.2. The molecule has 0 saturated carbocycles. The van der Waals surface area contributed by atoms with Crippen LogP contribution in [0.1, 0.15) is 0 Å². The number of furan rings is 1. The zero-order valence-corrected chi connectivity index (χ0v) is 30.7. The third kappa shape index (κ3) is 6.24. The highest BCUT2D eigenvalue weighted by Gasteiger charge is 2.20. The van der Waals surface area contributed by atoms with Crippen molar-refractivity contribution in [2.24, 2.45) is 0 Å². The predicted octanol–water partition coefficient (Wildman–Crippen LogP) is 15.4. The molecule has 0 spiro atoms. The molecule has 10 aromatic rings. The van der Waals surface area contributed by atoms with Gasteiger partial charge in [-0.3, -0.25) is 0 Å². The van der Waals surface area contributed by atoms with E-state index in [1.54, 1.807) is 0 Å². The van der Waals surface area contributed by atoms with Gasteiger partial charge in [0.15, 0.2) is 0 Å². The molecule has 0 N–H and O–H groups in total. The van der Waals surface area contributed by atoms with Crippen LogP contribution >= 0.6 is 0 Å². The molecule has 9 aromatic carbocycles. The molecule has 0 fully saturated rings. The Bertz CT molecular complexity index is 2930. The lowest BCUT2D eigenvalue weighted by Crippen LogP contribution is -2.11. The van der Waals surface area contributed by atoms with Crippen LogP contribution in [0.15, 0.2) is 229 Å². The fourth-order valence-electron chi connectivity index (χ4n) is 7.93. The molecule has 10 rings (SSSR count). The summed E-state index contributed by atoms with van der Waals surface area (Å²) in [5, 5.41) is 2.27. The van der Waals surface area contributed by atoms with Gasteiger partial charge in [-0.2, -0.15) is 0 Å². The summed E-state index contributed by atoms with van der Waals surface area (Å²) < 4.78 is 6.25. The maximum atomic E-state index is 6.25. The Morgan fingerprint density at radius 3 is 1.41 bits per heavy atom. The molecule has 2 nitrogen and oxygen atoms in total. The number of benzene rings is 9. The minimum absolute atomic E-state index is 0.898. The highest BCUT2D eigenvalue weighted by Crippen LogP contribution is 2.44. The number of anilines is 3. The van der Waals surface area contributed by atoms with Crippen LogP contribution in [0.4, 0.5) is 17.1 Å². The van der Waals surface area contributed by atoms with E-state index in [1.165, 1.54) is 33.4 Å². The van der Waals surface area contributed by atoms with Gasteiger partial charge in [0.2, 0.25) is 0 Å². The largest absolute Gasteiger partial charge is 0.456 e. The molecule has 56 heavy (non-hydrogen) atoms. The van der Waals surface area contributed by atoms with Gasteiger partial charge in [-0.1, -0.05) is 170 Å². The quantitative estimate of drug-likeness (QED) is 0.156. The minimum Gasteiger partial charge on any atom is -0.456 e. The van der Waals surface area contributed by atoms with Crippen LogP contribution in [0.5, 0.6) is 0 Å². The van der Waals surface area contributed by atoms with Crippen molar-refractivity contribution in [2.45, 2.75) is 0 Å². The Hall–Kier alpha value is -7.42. The maximum Gasteiger partial charge on any atom is 0.136 e. The second-order valence-corrected chi connectivity index (χ2v) is 14.1. The zero-order valence-electron chi connectivity index (χ0n) is 30.7. The van der Waals surface area contributed by atoms with E-state index >= 15 is 0 Å². The number of rotatable bonds is 8. The van der Waals surface area contributed by atoms with Gasteiger partial charge in [-0.15, -0.1) is 0 Å². The summed E-state index contributed by atoms with van der Waals surface area (Å²) in [6.45, 7) is 0. The highest BCUT2D eigenvalue weighted by atomic mass is 16.3. The maximum absolute atomic E-state index is 6.25. The molecule has 264 valence electrons. The van der Waals surface area contributed by atoms with Gasteiger partial charge in [0.25, 0.3) is 0 Å².